The van der Waals surface area contributed by atoms with Crippen molar-refractivity contribution >= 4 is 43.9 Å². The quantitative estimate of drug-likeness (QED) is 0.192. The molecule has 1 aromatic heterocycles. The first-order chi connectivity index (χ1) is 16.1. The lowest BCUT2D eigenvalue weighted by atomic mass is 10.0. The molecule has 0 unspecified atom stereocenters. The molecule has 3 aromatic rings. The van der Waals surface area contributed by atoms with Crippen LogP contribution in [-0.4, -0.2) is 55.5 Å². The molecule has 0 radical (unpaired) electrons. The van der Waals surface area contributed by atoms with Gasteiger partial charge in [-0.15, -0.1) is 0 Å². The van der Waals surface area contributed by atoms with Gasteiger partial charge in [0.05, 0.1) is 9.82 Å². The lowest BCUT2D eigenvalue weighted by Gasteiger charge is -2.18. The summed E-state index contributed by atoms with van der Waals surface area (Å²) in [6.07, 6.45) is 3.05. The lowest BCUT2D eigenvalue weighted by Crippen LogP contribution is -2.48. The number of fused-ring (bicyclic) bond motifs is 1. The first kappa shape index (κ1) is 24.7. The average Bonchev–Trinajstić information content (AvgIpc) is 3.18. The molecule has 0 aliphatic heterocycles. The van der Waals surface area contributed by atoms with E-state index in [1.54, 1.807) is 6.20 Å². The van der Waals surface area contributed by atoms with Gasteiger partial charge in [-0.2, -0.15) is 0 Å². The van der Waals surface area contributed by atoms with Crippen LogP contribution in [0, 0.1) is 10.1 Å². The topological polar surface area (TPSA) is 163 Å². The molecule has 2 amide bonds. The summed E-state index contributed by atoms with van der Waals surface area (Å²) in [4.78, 5) is 38.0. The van der Waals surface area contributed by atoms with E-state index < -0.39 is 26.7 Å². The Morgan fingerprint density at radius 2 is 1.88 bits per heavy atom. The number of nitrogens with one attached hydrogen (secondary N) is 4. The molecule has 34 heavy (non-hydrogen) atoms. The van der Waals surface area contributed by atoms with Crippen molar-refractivity contribution in [3.63, 3.8) is 0 Å². The molecule has 2 aromatic carbocycles. The van der Waals surface area contributed by atoms with Gasteiger partial charge < -0.3 is 20.9 Å². The normalized spacial score (nSPS) is 12.2. The fraction of sp³-hybridized carbons (Fsp3) is 0.273. The third-order valence-electron chi connectivity index (χ3n) is 5.13. The van der Waals surface area contributed by atoms with Crippen LogP contribution in [0.15, 0.2) is 53.6 Å². The highest BCUT2D eigenvalue weighted by Crippen LogP contribution is 2.27. The van der Waals surface area contributed by atoms with E-state index in [9.17, 15) is 28.1 Å². The van der Waals surface area contributed by atoms with Crippen molar-refractivity contribution in [2.75, 3.05) is 24.7 Å². The van der Waals surface area contributed by atoms with Crippen LogP contribution < -0.4 is 16.0 Å². The van der Waals surface area contributed by atoms with Crippen LogP contribution in [0.2, 0.25) is 0 Å². The summed E-state index contributed by atoms with van der Waals surface area (Å²) in [5, 5.41) is 20.5. The Hall–Kier alpha value is -3.93. The second-order valence-corrected chi connectivity index (χ2v) is 9.76. The van der Waals surface area contributed by atoms with E-state index in [2.05, 4.69) is 20.9 Å². The summed E-state index contributed by atoms with van der Waals surface area (Å²) in [6.45, 7) is 1.59. The predicted molar refractivity (Wildman–Crippen MR) is 127 cm³/mol. The largest absolute Gasteiger partial charge is 0.378 e. The van der Waals surface area contributed by atoms with Gasteiger partial charge in [-0.1, -0.05) is 18.2 Å². The molecule has 0 saturated carbocycles. The molecule has 180 valence electrons. The molecule has 0 spiro atoms. The smallest absolute Gasteiger partial charge is 0.293 e. The Morgan fingerprint density at radius 3 is 2.56 bits per heavy atom. The minimum absolute atomic E-state index is 0.119. The molecule has 1 heterocycles. The molecule has 0 bridgehead atoms. The van der Waals surface area contributed by atoms with E-state index in [-0.39, 0.29) is 41.7 Å². The number of aromatic nitrogens is 1. The van der Waals surface area contributed by atoms with Crippen LogP contribution in [0.5, 0.6) is 0 Å². The van der Waals surface area contributed by atoms with Gasteiger partial charge in [0.25, 0.3) is 5.69 Å². The molecule has 0 aliphatic carbocycles. The zero-order chi connectivity index (χ0) is 24.9. The summed E-state index contributed by atoms with van der Waals surface area (Å²) in [5.41, 5.74) is 1.55. The van der Waals surface area contributed by atoms with E-state index in [1.165, 1.54) is 19.1 Å². The Morgan fingerprint density at radius 1 is 1.15 bits per heavy atom. The molecule has 11 nitrogen and oxygen atoms in total. The summed E-state index contributed by atoms with van der Waals surface area (Å²) < 4.78 is 23.3. The van der Waals surface area contributed by atoms with Gasteiger partial charge in [0.1, 0.15) is 11.7 Å². The summed E-state index contributed by atoms with van der Waals surface area (Å²) in [5.74, 6) is -0.746. The summed E-state index contributed by atoms with van der Waals surface area (Å²) in [7, 11) is -3.59. The zero-order valence-corrected chi connectivity index (χ0v) is 19.4. The molecular formula is C22H25N5O6S. The van der Waals surface area contributed by atoms with Gasteiger partial charge in [-0.05, 0) is 23.8 Å². The van der Waals surface area contributed by atoms with Crippen LogP contribution >= 0.6 is 0 Å². The summed E-state index contributed by atoms with van der Waals surface area (Å²) >= 11 is 0. The van der Waals surface area contributed by atoms with E-state index in [4.69, 9.17) is 0 Å². The highest BCUT2D eigenvalue weighted by Gasteiger charge is 2.22. The second-order valence-electron chi connectivity index (χ2n) is 7.74. The molecular weight excluding hydrogens is 462 g/mol. The number of aromatic amines is 1. The number of carbonyl (C=O) groups is 2. The van der Waals surface area contributed by atoms with Crippen molar-refractivity contribution in [3.8, 4) is 0 Å². The fourth-order valence-corrected chi connectivity index (χ4v) is 4.16. The Kier molecular flexibility index (Phi) is 7.51. The van der Waals surface area contributed by atoms with Gasteiger partial charge in [-0.25, -0.2) is 8.42 Å². The Bertz CT molecular complexity index is 1330. The third kappa shape index (κ3) is 6.10. The number of sulfone groups is 1. The van der Waals surface area contributed by atoms with Crippen LogP contribution in [0.3, 0.4) is 0 Å². The first-order valence-electron chi connectivity index (χ1n) is 10.4. The highest BCUT2D eigenvalue weighted by atomic mass is 32.2. The van der Waals surface area contributed by atoms with E-state index in [1.807, 2.05) is 24.3 Å². The highest BCUT2D eigenvalue weighted by molar-refractivity contribution is 7.90. The Labute approximate surface area is 196 Å². The van der Waals surface area contributed by atoms with E-state index in [0.717, 1.165) is 28.8 Å². The van der Waals surface area contributed by atoms with Crippen LogP contribution in [0.1, 0.15) is 12.5 Å². The van der Waals surface area contributed by atoms with Crippen molar-refractivity contribution in [2.24, 2.45) is 0 Å². The number of nitrogens with zero attached hydrogens (tertiary/aromatic N) is 1. The van der Waals surface area contributed by atoms with Crippen LogP contribution in [0.4, 0.5) is 11.4 Å². The zero-order valence-electron chi connectivity index (χ0n) is 18.6. The van der Waals surface area contributed by atoms with Crippen LogP contribution in [0.25, 0.3) is 10.9 Å². The molecule has 1 atom stereocenters. The van der Waals surface area contributed by atoms with Crippen molar-refractivity contribution in [2.45, 2.75) is 24.3 Å². The van der Waals surface area contributed by atoms with Crippen LogP contribution in [-0.2, 0) is 25.8 Å². The van der Waals surface area contributed by atoms with Gasteiger partial charge in [-0.3, -0.25) is 19.7 Å². The standard InChI is InChI=1S/C22H25N5O6S/c1-14(28)26-20(11-15-13-25-18-6-4-3-5-17(15)18)22(29)24-10-9-23-19-8-7-16(34(2,32)33)12-21(19)27(30)31/h3-8,12-13,20,23,25H,9-11H2,1-2H3,(H,24,29)(H,26,28)/t20-/m0/s1. The minimum Gasteiger partial charge on any atom is -0.378 e. The van der Waals surface area contributed by atoms with Gasteiger partial charge in [0, 0.05) is 55.9 Å². The van der Waals surface area contributed by atoms with Gasteiger partial charge in [0.2, 0.25) is 11.8 Å². The lowest BCUT2D eigenvalue weighted by molar-refractivity contribution is -0.384. The van der Waals surface area contributed by atoms with Crippen molar-refractivity contribution in [1.29, 1.82) is 0 Å². The fourth-order valence-electron chi connectivity index (χ4n) is 3.52. The minimum atomic E-state index is -3.59. The number of amides is 2. The second kappa shape index (κ2) is 10.3. The van der Waals surface area contributed by atoms with Crippen molar-refractivity contribution in [1.82, 2.24) is 15.6 Å². The maximum absolute atomic E-state index is 12.7. The average molecular weight is 488 g/mol. The molecule has 12 heteroatoms. The molecule has 0 fully saturated rings. The number of para-hydroxylation sites is 1. The number of hydrogen-bond acceptors (Lipinski definition) is 7. The summed E-state index contributed by atoms with van der Waals surface area (Å²) in [6, 6.07) is 10.4. The van der Waals surface area contributed by atoms with E-state index in [0.29, 0.717) is 0 Å². The number of benzene rings is 2. The third-order valence-corrected chi connectivity index (χ3v) is 6.24. The van der Waals surface area contributed by atoms with Crippen molar-refractivity contribution in [3.05, 3.63) is 64.3 Å². The number of H-pyrrole nitrogens is 1. The van der Waals surface area contributed by atoms with E-state index >= 15 is 0 Å². The number of nitro groups is 1. The number of nitro benzene ring substituents is 1. The molecule has 3 rings (SSSR count). The molecule has 0 saturated heterocycles. The molecule has 0 aliphatic rings. The SMILES string of the molecule is CC(=O)N[C@@H](Cc1c[nH]c2ccccc12)C(=O)NCCNc1ccc(S(C)(=O)=O)cc1[N+](=O)[O-]. The number of carbonyl (C=O) groups excluding carboxylic acids is 2. The predicted octanol–water partition coefficient (Wildman–Crippen LogP) is 1.76. The number of anilines is 1. The van der Waals surface area contributed by atoms with Gasteiger partial charge in [0.15, 0.2) is 9.84 Å². The number of rotatable bonds is 10. The molecule has 4 N–H and O–H groups in total. The van der Waals surface area contributed by atoms with Gasteiger partial charge >= 0.3 is 0 Å². The maximum Gasteiger partial charge on any atom is 0.293 e. The first-order valence-corrected chi connectivity index (χ1v) is 12.3. The number of hydrogen-bond donors (Lipinski definition) is 4. The Balaban J connectivity index is 1.63. The maximum atomic E-state index is 12.7. The van der Waals surface area contributed by atoms with Crippen molar-refractivity contribution < 1.29 is 22.9 Å². The monoisotopic (exact) mass is 487 g/mol.